The second-order valence-electron chi connectivity index (χ2n) is 7.60. The zero-order valence-electron chi connectivity index (χ0n) is 14.7. The molecule has 0 unspecified atom stereocenters. The van der Waals surface area contributed by atoms with Crippen molar-refractivity contribution >= 4 is 11.9 Å². The number of hydrogen-bond acceptors (Lipinski definition) is 6. The van der Waals surface area contributed by atoms with Crippen LogP contribution in [0.15, 0.2) is 6.07 Å². The van der Waals surface area contributed by atoms with Gasteiger partial charge in [-0.15, -0.1) is 0 Å². The van der Waals surface area contributed by atoms with E-state index in [0.29, 0.717) is 11.9 Å². The molecule has 2 saturated heterocycles. The Hall–Kier alpha value is -1.73. The maximum Gasteiger partial charge on any atom is 0.354 e. The van der Waals surface area contributed by atoms with Crippen molar-refractivity contribution in [3.05, 3.63) is 17.5 Å². The Bertz CT molecular complexity index is 602. The Morgan fingerprint density at radius 1 is 1.25 bits per heavy atom. The summed E-state index contributed by atoms with van der Waals surface area (Å²) in [4.78, 5) is 24.8. The van der Waals surface area contributed by atoms with Gasteiger partial charge in [0.05, 0.1) is 13.2 Å². The summed E-state index contributed by atoms with van der Waals surface area (Å²) in [6.07, 6.45) is 0.748. The lowest BCUT2D eigenvalue weighted by molar-refractivity contribution is -0.0316. The number of hydrogen-bond donors (Lipinski definition) is 1. The minimum atomic E-state index is -1.00. The number of carbonyl (C=O) groups is 1. The van der Waals surface area contributed by atoms with Crippen LogP contribution in [0.5, 0.6) is 0 Å². The lowest BCUT2D eigenvalue weighted by Crippen LogP contribution is -2.53. The van der Waals surface area contributed by atoms with Crippen LogP contribution in [-0.2, 0) is 11.2 Å². The Morgan fingerprint density at radius 2 is 1.92 bits per heavy atom. The second kappa shape index (κ2) is 6.64. The van der Waals surface area contributed by atoms with Gasteiger partial charge in [-0.3, -0.25) is 4.90 Å². The summed E-state index contributed by atoms with van der Waals surface area (Å²) in [5, 5.41) is 9.34. The standard InChI is InChI=1S/C17H26N4O3/c1-17(2,3)21-6-4-20(5-7-21)16-18-13(8-12-10-24-11-12)9-14(19-16)15(22)23/h9,12H,4-8,10-11H2,1-3H3,(H,22,23). The van der Waals surface area contributed by atoms with Gasteiger partial charge in [-0.25, -0.2) is 14.8 Å². The zero-order valence-corrected chi connectivity index (χ0v) is 14.7. The van der Waals surface area contributed by atoms with Crippen molar-refractivity contribution in [2.24, 2.45) is 5.92 Å². The van der Waals surface area contributed by atoms with Gasteiger partial charge < -0.3 is 14.7 Å². The fraction of sp³-hybridized carbons (Fsp3) is 0.706. The highest BCUT2D eigenvalue weighted by atomic mass is 16.5. The summed E-state index contributed by atoms with van der Waals surface area (Å²) in [5.41, 5.74) is 1.02. The van der Waals surface area contributed by atoms with Crippen molar-refractivity contribution in [1.29, 1.82) is 0 Å². The van der Waals surface area contributed by atoms with E-state index in [-0.39, 0.29) is 11.2 Å². The van der Waals surface area contributed by atoms with E-state index in [2.05, 4.69) is 40.5 Å². The minimum Gasteiger partial charge on any atom is -0.477 e. The Labute approximate surface area is 142 Å². The van der Waals surface area contributed by atoms with Crippen molar-refractivity contribution < 1.29 is 14.6 Å². The van der Waals surface area contributed by atoms with Crippen molar-refractivity contribution in [2.45, 2.75) is 32.7 Å². The van der Waals surface area contributed by atoms with E-state index < -0.39 is 5.97 Å². The van der Waals surface area contributed by atoms with E-state index >= 15 is 0 Å². The lowest BCUT2D eigenvalue weighted by Gasteiger charge is -2.42. The first kappa shape index (κ1) is 17.1. The third-order valence-electron chi connectivity index (χ3n) is 4.70. The molecule has 132 valence electrons. The molecule has 3 rings (SSSR count). The number of carboxylic acid groups (broad SMARTS) is 1. The topological polar surface area (TPSA) is 78.8 Å². The highest BCUT2D eigenvalue weighted by molar-refractivity contribution is 5.85. The van der Waals surface area contributed by atoms with E-state index in [1.54, 1.807) is 6.07 Å². The van der Waals surface area contributed by atoms with Crippen LogP contribution in [-0.4, -0.2) is 70.9 Å². The van der Waals surface area contributed by atoms with E-state index in [4.69, 9.17) is 4.74 Å². The molecular formula is C17H26N4O3. The summed E-state index contributed by atoms with van der Waals surface area (Å²) < 4.78 is 5.20. The summed E-state index contributed by atoms with van der Waals surface area (Å²) in [6.45, 7) is 11.6. The SMILES string of the molecule is CC(C)(C)N1CCN(c2nc(CC3COC3)cc(C(=O)O)n2)CC1. The number of nitrogens with zero attached hydrogens (tertiary/aromatic N) is 4. The molecule has 7 heteroatoms. The van der Waals surface area contributed by atoms with Gasteiger partial charge in [0.25, 0.3) is 0 Å². The first-order valence-corrected chi connectivity index (χ1v) is 8.52. The lowest BCUT2D eigenvalue weighted by atomic mass is 10.0. The van der Waals surface area contributed by atoms with Crippen molar-refractivity contribution in [3.63, 3.8) is 0 Å². The molecule has 24 heavy (non-hydrogen) atoms. The Balaban J connectivity index is 1.75. The summed E-state index contributed by atoms with van der Waals surface area (Å²) in [5.74, 6) is -0.0241. The van der Waals surface area contributed by atoms with Gasteiger partial charge in [-0.1, -0.05) is 0 Å². The normalized spacial score (nSPS) is 20.0. The number of aromatic nitrogens is 2. The fourth-order valence-electron chi connectivity index (χ4n) is 3.11. The van der Waals surface area contributed by atoms with Gasteiger partial charge in [0, 0.05) is 43.3 Å². The van der Waals surface area contributed by atoms with Crippen LogP contribution in [0.2, 0.25) is 0 Å². The Kier molecular flexibility index (Phi) is 4.73. The monoisotopic (exact) mass is 334 g/mol. The molecule has 3 heterocycles. The molecule has 0 spiro atoms. The van der Waals surface area contributed by atoms with Crippen LogP contribution in [0.1, 0.15) is 37.0 Å². The van der Waals surface area contributed by atoms with Gasteiger partial charge in [-0.2, -0.15) is 0 Å². The zero-order chi connectivity index (χ0) is 17.3. The molecule has 0 aliphatic carbocycles. The van der Waals surface area contributed by atoms with Crippen molar-refractivity contribution in [1.82, 2.24) is 14.9 Å². The smallest absolute Gasteiger partial charge is 0.354 e. The highest BCUT2D eigenvalue weighted by Crippen LogP contribution is 2.21. The van der Waals surface area contributed by atoms with Crippen LogP contribution >= 0.6 is 0 Å². The molecule has 2 aliphatic rings. The van der Waals surface area contributed by atoms with Gasteiger partial charge in [0.2, 0.25) is 5.95 Å². The molecular weight excluding hydrogens is 308 g/mol. The van der Waals surface area contributed by atoms with Crippen LogP contribution < -0.4 is 4.90 Å². The maximum absolute atomic E-state index is 11.4. The third kappa shape index (κ3) is 3.84. The predicted molar refractivity (Wildman–Crippen MR) is 90.5 cm³/mol. The number of aromatic carboxylic acids is 1. The predicted octanol–water partition coefficient (Wildman–Crippen LogP) is 1.28. The number of carboxylic acids is 1. The molecule has 0 radical (unpaired) electrons. The first-order valence-electron chi connectivity index (χ1n) is 8.52. The second-order valence-corrected chi connectivity index (χ2v) is 7.60. The van der Waals surface area contributed by atoms with Gasteiger partial charge in [0.15, 0.2) is 5.69 Å². The average Bonchev–Trinajstić information content (AvgIpc) is 2.50. The molecule has 0 amide bonds. The molecule has 7 nitrogen and oxygen atoms in total. The molecule has 1 aromatic rings. The summed E-state index contributed by atoms with van der Waals surface area (Å²) in [7, 11) is 0. The minimum absolute atomic E-state index is 0.0773. The van der Waals surface area contributed by atoms with Crippen molar-refractivity contribution in [2.75, 3.05) is 44.3 Å². The number of piperazine rings is 1. The number of anilines is 1. The molecule has 1 aromatic heterocycles. The van der Waals surface area contributed by atoms with Crippen LogP contribution in [0.3, 0.4) is 0 Å². The van der Waals surface area contributed by atoms with E-state index in [9.17, 15) is 9.90 Å². The first-order chi connectivity index (χ1) is 11.3. The number of ether oxygens (including phenoxy) is 1. The van der Waals surface area contributed by atoms with E-state index in [0.717, 1.165) is 51.5 Å². The Morgan fingerprint density at radius 3 is 2.42 bits per heavy atom. The van der Waals surface area contributed by atoms with Gasteiger partial charge in [0.1, 0.15) is 0 Å². The van der Waals surface area contributed by atoms with E-state index in [1.807, 2.05) is 0 Å². The molecule has 0 aromatic carbocycles. The molecule has 2 aliphatic heterocycles. The molecule has 0 saturated carbocycles. The summed E-state index contributed by atoms with van der Waals surface area (Å²) in [6, 6.07) is 1.59. The quantitative estimate of drug-likeness (QED) is 0.888. The molecule has 0 atom stereocenters. The highest BCUT2D eigenvalue weighted by Gasteiger charge is 2.28. The maximum atomic E-state index is 11.4. The fourth-order valence-corrected chi connectivity index (χ4v) is 3.11. The van der Waals surface area contributed by atoms with Gasteiger partial charge >= 0.3 is 5.97 Å². The molecule has 0 bridgehead atoms. The molecule has 2 fully saturated rings. The third-order valence-corrected chi connectivity index (χ3v) is 4.70. The van der Waals surface area contributed by atoms with Crippen LogP contribution in [0.25, 0.3) is 0 Å². The van der Waals surface area contributed by atoms with Gasteiger partial charge in [-0.05, 0) is 33.3 Å². The van der Waals surface area contributed by atoms with E-state index in [1.165, 1.54) is 0 Å². The average molecular weight is 334 g/mol. The number of rotatable bonds is 4. The molecule has 1 N–H and O–H groups in total. The largest absolute Gasteiger partial charge is 0.477 e. The summed E-state index contributed by atoms with van der Waals surface area (Å²) >= 11 is 0. The van der Waals surface area contributed by atoms with Crippen molar-refractivity contribution in [3.8, 4) is 0 Å². The van der Waals surface area contributed by atoms with Crippen LogP contribution in [0, 0.1) is 5.92 Å². The van der Waals surface area contributed by atoms with Crippen LogP contribution in [0.4, 0.5) is 5.95 Å².